The highest BCUT2D eigenvalue weighted by Crippen LogP contribution is 2.40. The van der Waals surface area contributed by atoms with Crippen molar-refractivity contribution in [3.8, 4) is 11.5 Å². The molecule has 116 valence electrons. The number of hydrogen-bond acceptors (Lipinski definition) is 5. The molecule has 1 heterocycles. The second-order valence-electron chi connectivity index (χ2n) is 4.58. The molecule has 1 aromatic rings. The Kier molecular flexibility index (Phi) is 4.77. The third-order valence-corrected chi connectivity index (χ3v) is 4.05. The van der Waals surface area contributed by atoms with Gasteiger partial charge in [0.2, 0.25) is 0 Å². The normalized spacial score (nSPS) is 17.0. The molecule has 6 heteroatoms. The van der Waals surface area contributed by atoms with Crippen LogP contribution in [0.25, 0.3) is 0 Å². The van der Waals surface area contributed by atoms with Gasteiger partial charge in [0, 0.05) is 18.7 Å². The van der Waals surface area contributed by atoms with Crippen LogP contribution in [0.1, 0.15) is 26.3 Å². The Morgan fingerprint density at radius 1 is 1.10 bits per heavy atom. The molecular weight excluding hydrogens is 292 g/mol. The Morgan fingerprint density at radius 3 is 1.95 bits per heavy atom. The number of benzene rings is 1. The molecule has 0 spiro atoms. The molecule has 21 heavy (non-hydrogen) atoms. The van der Waals surface area contributed by atoms with E-state index in [1.54, 1.807) is 25.3 Å². The number of hydrogen-bond donors (Lipinski definition) is 0. The summed E-state index contributed by atoms with van der Waals surface area (Å²) in [5.41, 5.74) is 0.744. The Labute approximate surface area is 127 Å². The largest absolute Gasteiger partial charge is 0.492 e. The molecule has 1 atom stereocenters. The molecule has 0 amide bonds. The van der Waals surface area contributed by atoms with E-state index < -0.39 is 16.6 Å². The van der Waals surface area contributed by atoms with Crippen molar-refractivity contribution in [1.82, 2.24) is 0 Å². The Morgan fingerprint density at radius 2 is 1.57 bits per heavy atom. The third-order valence-electron chi connectivity index (χ3n) is 3.07. The molecule has 2 rings (SSSR count). The standard InChI is InChI=1S/C15H20O5S/c1-5-17-12-9-11(15(3)19-7-8-20-15)10-13(18-6-2)14(12)21(4)16/h7-10H,5-6H2,1-4H3. The van der Waals surface area contributed by atoms with E-state index in [0.717, 1.165) is 5.56 Å². The van der Waals surface area contributed by atoms with Gasteiger partial charge >= 0.3 is 0 Å². The Hall–Kier alpha value is -1.69. The summed E-state index contributed by atoms with van der Waals surface area (Å²) in [4.78, 5) is 0.553. The van der Waals surface area contributed by atoms with Crippen LogP contribution in [0.3, 0.4) is 0 Å². The molecule has 0 saturated carbocycles. The van der Waals surface area contributed by atoms with Crippen molar-refractivity contribution in [3.05, 3.63) is 30.2 Å². The fourth-order valence-electron chi connectivity index (χ4n) is 2.13. The minimum atomic E-state index is -1.23. The van der Waals surface area contributed by atoms with Gasteiger partial charge in [0.05, 0.1) is 24.0 Å². The van der Waals surface area contributed by atoms with Crippen molar-refractivity contribution >= 4 is 10.8 Å². The van der Waals surface area contributed by atoms with Gasteiger partial charge in [-0.1, -0.05) is 0 Å². The molecule has 1 aliphatic heterocycles. The predicted molar refractivity (Wildman–Crippen MR) is 79.8 cm³/mol. The van der Waals surface area contributed by atoms with E-state index in [0.29, 0.717) is 29.6 Å². The van der Waals surface area contributed by atoms with Crippen molar-refractivity contribution in [2.45, 2.75) is 31.5 Å². The fraction of sp³-hybridized carbons (Fsp3) is 0.467. The zero-order valence-electron chi connectivity index (χ0n) is 12.7. The molecule has 0 radical (unpaired) electrons. The second-order valence-corrected chi connectivity index (χ2v) is 5.89. The van der Waals surface area contributed by atoms with Crippen LogP contribution in [0.5, 0.6) is 11.5 Å². The molecule has 1 unspecified atom stereocenters. The first kappa shape index (κ1) is 15.7. The van der Waals surface area contributed by atoms with Crippen molar-refractivity contribution in [1.29, 1.82) is 0 Å². The molecule has 1 aromatic carbocycles. The second kappa shape index (κ2) is 6.39. The molecular formula is C15H20O5S. The van der Waals surface area contributed by atoms with E-state index in [1.165, 1.54) is 12.5 Å². The monoisotopic (exact) mass is 312 g/mol. The van der Waals surface area contributed by atoms with E-state index in [9.17, 15) is 4.21 Å². The van der Waals surface area contributed by atoms with E-state index in [2.05, 4.69) is 0 Å². The van der Waals surface area contributed by atoms with Gasteiger partial charge in [0.15, 0.2) is 0 Å². The highest BCUT2D eigenvalue weighted by atomic mass is 32.2. The smallest absolute Gasteiger partial charge is 0.274 e. The van der Waals surface area contributed by atoms with Gasteiger partial charge in [-0.2, -0.15) is 0 Å². The molecule has 0 aromatic heterocycles. The lowest BCUT2D eigenvalue weighted by molar-refractivity contribution is -0.133. The quantitative estimate of drug-likeness (QED) is 0.808. The van der Waals surface area contributed by atoms with Crippen LogP contribution in [0.4, 0.5) is 0 Å². The fourth-order valence-corrected chi connectivity index (χ4v) is 2.93. The lowest BCUT2D eigenvalue weighted by atomic mass is 10.1. The lowest BCUT2D eigenvalue weighted by Crippen LogP contribution is -2.22. The summed E-state index contributed by atoms with van der Waals surface area (Å²) in [5.74, 6) is 0.130. The van der Waals surface area contributed by atoms with Gasteiger partial charge in [0.1, 0.15) is 28.9 Å². The van der Waals surface area contributed by atoms with Crippen LogP contribution < -0.4 is 9.47 Å². The number of ether oxygens (including phenoxy) is 4. The van der Waals surface area contributed by atoms with Crippen LogP contribution in [-0.2, 0) is 26.1 Å². The average Bonchev–Trinajstić information content (AvgIpc) is 2.87. The maximum atomic E-state index is 12.0. The van der Waals surface area contributed by atoms with Gasteiger partial charge < -0.3 is 18.9 Å². The molecule has 1 aliphatic rings. The summed E-state index contributed by atoms with van der Waals surface area (Å²) < 4.78 is 34.3. The summed E-state index contributed by atoms with van der Waals surface area (Å²) in [6.45, 7) is 6.49. The minimum Gasteiger partial charge on any atom is -0.492 e. The molecule has 0 N–H and O–H groups in total. The first-order valence-electron chi connectivity index (χ1n) is 6.80. The topological polar surface area (TPSA) is 54.0 Å². The molecule has 0 saturated heterocycles. The molecule has 0 bridgehead atoms. The Bertz CT molecular complexity index is 532. The first-order chi connectivity index (χ1) is 10.0. The van der Waals surface area contributed by atoms with E-state index >= 15 is 0 Å². The highest BCUT2D eigenvalue weighted by molar-refractivity contribution is 7.84. The SMILES string of the molecule is CCOc1cc(C2(C)OC=CO2)cc(OCC)c1S(C)=O. The van der Waals surface area contributed by atoms with E-state index in [1.807, 2.05) is 13.8 Å². The van der Waals surface area contributed by atoms with Crippen LogP contribution in [-0.4, -0.2) is 23.7 Å². The van der Waals surface area contributed by atoms with Gasteiger partial charge in [-0.15, -0.1) is 0 Å². The molecule has 0 aliphatic carbocycles. The van der Waals surface area contributed by atoms with Crippen molar-refractivity contribution in [2.75, 3.05) is 19.5 Å². The van der Waals surface area contributed by atoms with Crippen LogP contribution >= 0.6 is 0 Å². The minimum absolute atomic E-state index is 0.468. The molecule has 0 fully saturated rings. The van der Waals surface area contributed by atoms with Gasteiger partial charge in [0.25, 0.3) is 5.79 Å². The predicted octanol–water partition coefficient (Wildman–Crippen LogP) is 2.91. The van der Waals surface area contributed by atoms with E-state index in [-0.39, 0.29) is 0 Å². The molecule has 5 nitrogen and oxygen atoms in total. The zero-order valence-corrected chi connectivity index (χ0v) is 13.5. The highest BCUT2D eigenvalue weighted by Gasteiger charge is 2.34. The van der Waals surface area contributed by atoms with Crippen LogP contribution in [0, 0.1) is 0 Å². The van der Waals surface area contributed by atoms with Crippen molar-refractivity contribution < 1.29 is 23.2 Å². The summed E-state index contributed by atoms with van der Waals surface area (Å²) >= 11 is 0. The van der Waals surface area contributed by atoms with Crippen molar-refractivity contribution in [2.24, 2.45) is 0 Å². The first-order valence-corrected chi connectivity index (χ1v) is 8.35. The van der Waals surface area contributed by atoms with Gasteiger partial charge in [-0.25, -0.2) is 0 Å². The summed E-state index contributed by atoms with van der Waals surface area (Å²) in [6, 6.07) is 3.57. The lowest BCUT2D eigenvalue weighted by Gasteiger charge is -2.25. The zero-order chi connectivity index (χ0) is 15.5. The Balaban J connectivity index is 2.55. The van der Waals surface area contributed by atoms with Crippen molar-refractivity contribution in [3.63, 3.8) is 0 Å². The van der Waals surface area contributed by atoms with Gasteiger partial charge in [-0.05, 0) is 26.0 Å². The average molecular weight is 312 g/mol. The van der Waals surface area contributed by atoms with Gasteiger partial charge in [-0.3, -0.25) is 4.21 Å². The summed E-state index contributed by atoms with van der Waals surface area (Å²) in [6.07, 6.45) is 4.59. The van der Waals surface area contributed by atoms with Crippen LogP contribution in [0.2, 0.25) is 0 Å². The van der Waals surface area contributed by atoms with Crippen LogP contribution in [0.15, 0.2) is 29.6 Å². The van der Waals surface area contributed by atoms with E-state index in [4.69, 9.17) is 18.9 Å². The maximum Gasteiger partial charge on any atom is 0.274 e. The third kappa shape index (κ3) is 3.15. The number of rotatable bonds is 6. The maximum absolute atomic E-state index is 12.0. The summed E-state index contributed by atoms with van der Waals surface area (Å²) in [7, 11) is -1.23. The summed E-state index contributed by atoms with van der Waals surface area (Å²) in [5, 5.41) is 0.